The van der Waals surface area contributed by atoms with Crippen LogP contribution in [0.4, 0.5) is 10.1 Å². The highest BCUT2D eigenvalue weighted by atomic mass is 35.5. The molecule has 1 aliphatic carbocycles. The second-order valence-corrected chi connectivity index (χ2v) is 10.3. The first kappa shape index (κ1) is 22.9. The lowest BCUT2D eigenvalue weighted by molar-refractivity contribution is -0.164. The number of nitrogens with two attached hydrogens (primary N) is 1. The van der Waals surface area contributed by atoms with Gasteiger partial charge < -0.3 is 29.4 Å². The van der Waals surface area contributed by atoms with E-state index in [1.165, 1.54) is 12.1 Å². The van der Waals surface area contributed by atoms with E-state index in [2.05, 4.69) is 9.88 Å². The number of nitrogens with zero attached hydrogens (tertiary/aromatic N) is 3. The number of rotatable bonds is 4. The van der Waals surface area contributed by atoms with Crippen LogP contribution in [0.2, 0.25) is 5.15 Å². The van der Waals surface area contributed by atoms with E-state index in [0.717, 1.165) is 27.5 Å². The molecule has 2 aliphatic heterocycles. The first-order valence-corrected chi connectivity index (χ1v) is 12.6. The van der Waals surface area contributed by atoms with Crippen molar-refractivity contribution in [2.24, 2.45) is 5.73 Å². The first-order valence-electron chi connectivity index (χ1n) is 11.3. The van der Waals surface area contributed by atoms with Gasteiger partial charge in [0.05, 0.1) is 26.0 Å². The maximum Gasteiger partial charge on any atom is 0.174 e. The lowest BCUT2D eigenvalue weighted by atomic mass is 9.82. The van der Waals surface area contributed by atoms with Crippen molar-refractivity contribution in [2.45, 2.75) is 30.0 Å². The molecule has 0 radical (unpaired) electrons. The van der Waals surface area contributed by atoms with E-state index in [9.17, 15) is 4.39 Å². The molecular weight excluding hydrogens is 491 g/mol. The second kappa shape index (κ2) is 8.83. The van der Waals surface area contributed by atoms with Gasteiger partial charge in [0, 0.05) is 47.3 Å². The maximum atomic E-state index is 13.8. The van der Waals surface area contributed by atoms with E-state index in [1.54, 1.807) is 31.4 Å². The van der Waals surface area contributed by atoms with Crippen LogP contribution in [0.5, 0.6) is 5.75 Å². The van der Waals surface area contributed by atoms with Gasteiger partial charge in [-0.25, -0.2) is 9.37 Å². The molecule has 182 valence electrons. The third kappa shape index (κ3) is 4.01. The SMILES string of the molecule is COc1cc(N2C3=C(CC4(CC3c3ccc(F)cc3)OCCO4)SC2N)ccc1-n1cnc(Cl)c1. The number of imidazole rings is 1. The molecule has 3 aliphatic rings. The van der Waals surface area contributed by atoms with Gasteiger partial charge in [-0.1, -0.05) is 35.5 Å². The molecule has 1 fully saturated rings. The molecule has 10 heteroatoms. The molecule has 3 aromatic rings. The quantitative estimate of drug-likeness (QED) is 0.525. The fourth-order valence-electron chi connectivity index (χ4n) is 5.18. The van der Waals surface area contributed by atoms with E-state index < -0.39 is 5.79 Å². The maximum absolute atomic E-state index is 13.8. The Kier molecular flexibility index (Phi) is 5.77. The van der Waals surface area contributed by atoms with Gasteiger partial charge >= 0.3 is 0 Å². The second-order valence-electron chi connectivity index (χ2n) is 8.74. The Hall–Kier alpha value is -2.56. The minimum atomic E-state index is -0.678. The van der Waals surface area contributed by atoms with Crippen LogP contribution in [0.3, 0.4) is 0 Å². The summed E-state index contributed by atoms with van der Waals surface area (Å²) in [4.78, 5) is 7.37. The predicted molar refractivity (Wildman–Crippen MR) is 133 cm³/mol. The van der Waals surface area contributed by atoms with Crippen molar-refractivity contribution in [3.63, 3.8) is 0 Å². The summed E-state index contributed by atoms with van der Waals surface area (Å²) in [6.45, 7) is 1.13. The van der Waals surface area contributed by atoms with Gasteiger partial charge in [-0.15, -0.1) is 0 Å². The highest BCUT2D eigenvalue weighted by Gasteiger charge is 2.50. The molecule has 2 aromatic carbocycles. The van der Waals surface area contributed by atoms with Crippen molar-refractivity contribution >= 4 is 29.1 Å². The van der Waals surface area contributed by atoms with Gasteiger partial charge in [0.15, 0.2) is 5.79 Å². The Morgan fingerprint density at radius 3 is 2.66 bits per heavy atom. The van der Waals surface area contributed by atoms with Crippen LogP contribution in [-0.4, -0.2) is 41.2 Å². The number of ether oxygens (including phenoxy) is 3. The first-order chi connectivity index (χ1) is 17.0. The van der Waals surface area contributed by atoms with Gasteiger partial charge in [-0.3, -0.25) is 0 Å². The fraction of sp³-hybridized carbons (Fsp3) is 0.320. The minimum absolute atomic E-state index is 0.0726. The fourth-order valence-corrected chi connectivity index (χ4v) is 6.63. The molecule has 0 bridgehead atoms. The average Bonchev–Trinajstić information content (AvgIpc) is 3.57. The summed E-state index contributed by atoms with van der Waals surface area (Å²) in [5, 5.41) is 0.401. The van der Waals surface area contributed by atoms with Gasteiger partial charge in [0.25, 0.3) is 0 Å². The third-order valence-corrected chi connectivity index (χ3v) is 7.98. The van der Waals surface area contributed by atoms with Crippen LogP contribution in [0.25, 0.3) is 5.69 Å². The van der Waals surface area contributed by atoms with Crippen molar-refractivity contribution in [1.82, 2.24) is 9.55 Å². The molecule has 0 saturated carbocycles. The Bertz CT molecular complexity index is 1290. The summed E-state index contributed by atoms with van der Waals surface area (Å²) in [6.07, 6.45) is 4.64. The summed E-state index contributed by atoms with van der Waals surface area (Å²) < 4.78 is 33.5. The smallest absolute Gasteiger partial charge is 0.174 e. The Morgan fingerprint density at radius 1 is 1.20 bits per heavy atom. The Labute approximate surface area is 211 Å². The molecule has 7 nitrogen and oxygen atoms in total. The number of halogens is 2. The molecule has 1 saturated heterocycles. The molecule has 1 aromatic heterocycles. The summed E-state index contributed by atoms with van der Waals surface area (Å²) in [6, 6.07) is 12.6. The highest BCUT2D eigenvalue weighted by Crippen LogP contribution is 2.56. The molecular formula is C25H24ClFN4O3S. The van der Waals surface area contributed by atoms with Gasteiger partial charge in [0.1, 0.15) is 28.5 Å². The van der Waals surface area contributed by atoms with Crippen molar-refractivity contribution in [1.29, 1.82) is 0 Å². The number of anilines is 1. The monoisotopic (exact) mass is 514 g/mol. The number of allylic oxidation sites excluding steroid dienone is 1. The molecule has 35 heavy (non-hydrogen) atoms. The van der Waals surface area contributed by atoms with E-state index in [-0.39, 0.29) is 17.2 Å². The summed E-state index contributed by atoms with van der Waals surface area (Å²) in [5.41, 5.74) is 10.2. The van der Waals surface area contributed by atoms with Crippen LogP contribution in [-0.2, 0) is 9.47 Å². The molecule has 3 heterocycles. The molecule has 6 rings (SSSR count). The zero-order valence-corrected chi connectivity index (χ0v) is 20.6. The number of benzene rings is 2. The summed E-state index contributed by atoms with van der Waals surface area (Å²) in [7, 11) is 1.63. The third-order valence-electron chi connectivity index (χ3n) is 6.69. The van der Waals surface area contributed by atoms with Crippen molar-refractivity contribution in [3.8, 4) is 11.4 Å². The van der Waals surface area contributed by atoms with E-state index in [0.29, 0.717) is 37.0 Å². The van der Waals surface area contributed by atoms with Gasteiger partial charge in [-0.2, -0.15) is 0 Å². The number of thioether (sulfide) groups is 1. The van der Waals surface area contributed by atoms with Crippen LogP contribution in [0, 0.1) is 5.82 Å². The highest BCUT2D eigenvalue weighted by molar-refractivity contribution is 8.04. The van der Waals surface area contributed by atoms with Gasteiger partial charge in [-0.05, 0) is 29.8 Å². The summed E-state index contributed by atoms with van der Waals surface area (Å²) >= 11 is 7.63. The largest absolute Gasteiger partial charge is 0.494 e. The summed E-state index contributed by atoms with van der Waals surface area (Å²) in [5.74, 6) is -0.355. The van der Waals surface area contributed by atoms with Gasteiger partial charge in [0.2, 0.25) is 0 Å². The van der Waals surface area contributed by atoms with Crippen LogP contribution in [0.1, 0.15) is 24.3 Å². The zero-order chi connectivity index (χ0) is 24.2. The van der Waals surface area contributed by atoms with Crippen LogP contribution in [0.15, 0.2) is 65.6 Å². The van der Waals surface area contributed by atoms with E-state index in [1.807, 2.05) is 34.9 Å². The number of hydrogen-bond acceptors (Lipinski definition) is 7. The van der Waals surface area contributed by atoms with E-state index in [4.69, 9.17) is 31.5 Å². The average molecular weight is 515 g/mol. The standard InChI is InChI=1S/C25H24ClFN4O3S/c1-32-20-10-17(6-7-19(20)30-13-22(26)29-14-30)31-23-18(15-2-4-16(27)5-3-15)11-25(33-8-9-34-25)12-21(23)35-24(31)28/h2-7,10,13-14,18,24H,8-9,11-12,28H2,1H3. The molecule has 2 atom stereocenters. The van der Waals surface area contributed by atoms with Crippen molar-refractivity contribution in [3.05, 3.63) is 82.1 Å². The topological polar surface area (TPSA) is 74.8 Å². The number of methoxy groups -OCH3 is 1. The lowest BCUT2D eigenvalue weighted by Crippen LogP contribution is -2.41. The Balaban J connectivity index is 1.43. The zero-order valence-electron chi connectivity index (χ0n) is 19.0. The number of aromatic nitrogens is 2. The molecule has 1 spiro atoms. The van der Waals surface area contributed by atoms with E-state index >= 15 is 0 Å². The van der Waals surface area contributed by atoms with Crippen molar-refractivity contribution in [2.75, 3.05) is 25.2 Å². The van der Waals surface area contributed by atoms with Crippen LogP contribution < -0.4 is 15.4 Å². The lowest BCUT2D eigenvalue weighted by Gasteiger charge is -2.39. The minimum Gasteiger partial charge on any atom is -0.494 e. The predicted octanol–water partition coefficient (Wildman–Crippen LogP) is 5.00. The van der Waals surface area contributed by atoms with Crippen LogP contribution >= 0.6 is 23.4 Å². The normalized spacial score (nSPS) is 23.3. The van der Waals surface area contributed by atoms with Crippen molar-refractivity contribution < 1.29 is 18.6 Å². The molecule has 0 amide bonds. The Morgan fingerprint density at radius 2 is 1.97 bits per heavy atom. The number of hydrogen-bond donors (Lipinski definition) is 1. The molecule has 2 unspecified atom stereocenters. The molecule has 2 N–H and O–H groups in total.